The maximum absolute atomic E-state index is 5.28. The second-order valence-corrected chi connectivity index (χ2v) is 5.89. The second-order valence-electron chi connectivity index (χ2n) is 4.34. The number of halogens is 1. The molecular formula is C12H14IN3S. The number of rotatable bonds is 3. The van der Waals surface area contributed by atoms with Crippen LogP contribution in [0.4, 0.5) is 0 Å². The summed E-state index contributed by atoms with van der Waals surface area (Å²) >= 11 is 7.60. The number of hydrogen-bond donors (Lipinski definition) is 1. The van der Waals surface area contributed by atoms with Crippen LogP contribution >= 0.6 is 34.8 Å². The molecule has 2 aromatic rings. The smallest absolute Gasteiger partial charge is 0.195 e. The highest BCUT2D eigenvalue weighted by Gasteiger charge is 2.12. The molecule has 90 valence electrons. The molecule has 1 heterocycles. The topological polar surface area (TPSA) is 33.6 Å². The molecule has 0 amide bonds. The Morgan fingerprint density at radius 2 is 2.12 bits per heavy atom. The van der Waals surface area contributed by atoms with Gasteiger partial charge in [0.1, 0.15) is 0 Å². The minimum Gasteiger partial charge on any atom is -0.300 e. The number of H-pyrrole nitrogens is 1. The van der Waals surface area contributed by atoms with Crippen molar-refractivity contribution in [3.8, 4) is 11.4 Å². The van der Waals surface area contributed by atoms with Gasteiger partial charge in [-0.2, -0.15) is 5.10 Å². The summed E-state index contributed by atoms with van der Waals surface area (Å²) in [6, 6.07) is 8.20. The molecule has 17 heavy (non-hydrogen) atoms. The van der Waals surface area contributed by atoms with Crippen LogP contribution in [0, 0.1) is 14.3 Å². The highest BCUT2D eigenvalue weighted by Crippen LogP contribution is 2.23. The average Bonchev–Trinajstić information content (AvgIpc) is 2.61. The number of nitrogens with zero attached hydrogens (tertiary/aromatic N) is 2. The van der Waals surface area contributed by atoms with Crippen molar-refractivity contribution in [2.24, 2.45) is 5.92 Å². The van der Waals surface area contributed by atoms with Crippen molar-refractivity contribution < 1.29 is 0 Å². The lowest BCUT2D eigenvalue weighted by molar-refractivity contribution is 0.521. The highest BCUT2D eigenvalue weighted by atomic mass is 127. The van der Waals surface area contributed by atoms with Crippen LogP contribution in [0.5, 0.6) is 0 Å². The Bertz CT molecular complexity index is 571. The van der Waals surface area contributed by atoms with Crippen molar-refractivity contribution in [3.63, 3.8) is 0 Å². The van der Waals surface area contributed by atoms with Crippen LogP contribution in [0.15, 0.2) is 24.3 Å². The van der Waals surface area contributed by atoms with Gasteiger partial charge < -0.3 is 0 Å². The van der Waals surface area contributed by atoms with Crippen LogP contribution in [-0.2, 0) is 6.54 Å². The molecule has 0 unspecified atom stereocenters. The fourth-order valence-electron chi connectivity index (χ4n) is 1.70. The first kappa shape index (κ1) is 12.8. The van der Waals surface area contributed by atoms with Crippen LogP contribution in [0.25, 0.3) is 11.4 Å². The van der Waals surface area contributed by atoms with E-state index in [-0.39, 0.29) is 0 Å². The molecule has 2 rings (SSSR count). The van der Waals surface area contributed by atoms with Crippen molar-refractivity contribution in [2.75, 3.05) is 0 Å². The zero-order valence-electron chi connectivity index (χ0n) is 9.77. The van der Waals surface area contributed by atoms with Crippen molar-refractivity contribution >= 4 is 34.8 Å². The van der Waals surface area contributed by atoms with E-state index in [2.05, 4.69) is 63.3 Å². The Balaban J connectivity index is 2.53. The fraction of sp³-hybridized carbons (Fsp3) is 0.333. The van der Waals surface area contributed by atoms with E-state index in [4.69, 9.17) is 12.2 Å². The first-order chi connectivity index (χ1) is 8.09. The Hall–Kier alpha value is -0.690. The van der Waals surface area contributed by atoms with Crippen molar-refractivity contribution in [1.82, 2.24) is 14.8 Å². The van der Waals surface area contributed by atoms with Gasteiger partial charge in [0.15, 0.2) is 10.6 Å². The number of nitrogens with one attached hydrogen (secondary N) is 1. The van der Waals surface area contributed by atoms with Gasteiger partial charge in [0.25, 0.3) is 0 Å². The molecule has 0 bridgehead atoms. The fourth-order valence-corrected chi connectivity index (χ4v) is 2.54. The van der Waals surface area contributed by atoms with Gasteiger partial charge in [-0.15, -0.1) is 0 Å². The summed E-state index contributed by atoms with van der Waals surface area (Å²) in [6.07, 6.45) is 0. The van der Waals surface area contributed by atoms with Crippen LogP contribution in [-0.4, -0.2) is 14.8 Å². The summed E-state index contributed by atoms with van der Waals surface area (Å²) in [6.45, 7) is 5.23. The Labute approximate surface area is 119 Å². The lowest BCUT2D eigenvalue weighted by Gasteiger charge is -2.10. The maximum atomic E-state index is 5.28. The van der Waals surface area contributed by atoms with E-state index in [1.54, 1.807) is 0 Å². The molecular weight excluding hydrogens is 345 g/mol. The van der Waals surface area contributed by atoms with E-state index in [1.807, 2.05) is 12.1 Å². The number of hydrogen-bond acceptors (Lipinski definition) is 2. The maximum Gasteiger partial charge on any atom is 0.195 e. The lowest BCUT2D eigenvalue weighted by Crippen LogP contribution is -2.06. The van der Waals surface area contributed by atoms with E-state index in [1.165, 1.54) is 3.57 Å². The predicted molar refractivity (Wildman–Crippen MR) is 80.4 cm³/mol. The van der Waals surface area contributed by atoms with Crippen molar-refractivity contribution in [1.29, 1.82) is 0 Å². The standard InChI is InChI=1S/C12H14IN3S/c1-8(2)7-16-11(14-15-12(16)17)9-5-3-4-6-10(9)13/h3-6,8H,7H2,1-2H3,(H,15,17). The van der Waals surface area contributed by atoms with E-state index < -0.39 is 0 Å². The van der Waals surface area contributed by atoms with Crippen LogP contribution in [0.2, 0.25) is 0 Å². The van der Waals surface area contributed by atoms with Crippen LogP contribution in [0.1, 0.15) is 13.8 Å². The van der Waals surface area contributed by atoms with Gasteiger partial charge in [-0.25, -0.2) is 0 Å². The molecule has 1 aromatic heterocycles. The molecule has 0 saturated carbocycles. The van der Waals surface area contributed by atoms with E-state index in [0.717, 1.165) is 17.9 Å². The monoisotopic (exact) mass is 359 g/mol. The van der Waals surface area contributed by atoms with Gasteiger partial charge in [0.2, 0.25) is 0 Å². The van der Waals surface area contributed by atoms with E-state index >= 15 is 0 Å². The molecule has 0 radical (unpaired) electrons. The molecule has 0 saturated heterocycles. The molecule has 0 atom stereocenters. The summed E-state index contributed by atoms with van der Waals surface area (Å²) in [7, 11) is 0. The molecule has 0 spiro atoms. The second kappa shape index (κ2) is 5.30. The molecule has 3 nitrogen and oxygen atoms in total. The van der Waals surface area contributed by atoms with Gasteiger partial charge in [0.05, 0.1) is 0 Å². The molecule has 0 aliphatic heterocycles. The highest BCUT2D eigenvalue weighted by molar-refractivity contribution is 14.1. The van der Waals surface area contributed by atoms with Gasteiger partial charge in [-0.1, -0.05) is 32.0 Å². The molecule has 1 aromatic carbocycles. The Morgan fingerprint density at radius 1 is 1.41 bits per heavy atom. The molecule has 5 heteroatoms. The average molecular weight is 359 g/mol. The van der Waals surface area contributed by atoms with Crippen molar-refractivity contribution in [2.45, 2.75) is 20.4 Å². The largest absolute Gasteiger partial charge is 0.300 e. The minimum atomic E-state index is 0.541. The Morgan fingerprint density at radius 3 is 2.76 bits per heavy atom. The zero-order chi connectivity index (χ0) is 12.4. The van der Waals surface area contributed by atoms with E-state index in [0.29, 0.717) is 10.7 Å². The summed E-state index contributed by atoms with van der Waals surface area (Å²) in [5.41, 5.74) is 1.13. The van der Waals surface area contributed by atoms with E-state index in [9.17, 15) is 0 Å². The summed E-state index contributed by atoms with van der Waals surface area (Å²) < 4.78 is 3.94. The summed E-state index contributed by atoms with van der Waals surface area (Å²) in [4.78, 5) is 0. The van der Waals surface area contributed by atoms with Gasteiger partial charge in [-0.3, -0.25) is 9.67 Å². The number of benzene rings is 1. The number of aromatic amines is 1. The third-order valence-corrected chi connectivity index (χ3v) is 3.67. The first-order valence-corrected chi connectivity index (χ1v) is 6.98. The predicted octanol–water partition coefficient (Wildman–Crippen LogP) is 3.87. The molecule has 0 aliphatic rings. The van der Waals surface area contributed by atoms with Gasteiger partial charge >= 0.3 is 0 Å². The summed E-state index contributed by atoms with van der Waals surface area (Å²) in [5, 5.41) is 7.22. The third-order valence-electron chi connectivity index (χ3n) is 2.42. The molecule has 0 aliphatic carbocycles. The lowest BCUT2D eigenvalue weighted by atomic mass is 10.2. The quantitative estimate of drug-likeness (QED) is 0.667. The third kappa shape index (κ3) is 2.77. The van der Waals surface area contributed by atoms with Gasteiger partial charge in [-0.05, 0) is 46.8 Å². The molecule has 0 fully saturated rings. The summed E-state index contributed by atoms with van der Waals surface area (Å²) in [5.74, 6) is 1.47. The number of aromatic nitrogens is 3. The Kier molecular flexibility index (Phi) is 3.98. The molecule has 1 N–H and O–H groups in total. The minimum absolute atomic E-state index is 0.541. The van der Waals surface area contributed by atoms with Crippen LogP contribution < -0.4 is 0 Å². The zero-order valence-corrected chi connectivity index (χ0v) is 12.7. The van der Waals surface area contributed by atoms with Crippen molar-refractivity contribution in [3.05, 3.63) is 32.6 Å². The SMILES string of the molecule is CC(C)Cn1c(-c2ccccc2I)n[nH]c1=S. The van der Waals surface area contributed by atoms with Crippen LogP contribution in [0.3, 0.4) is 0 Å². The first-order valence-electron chi connectivity index (χ1n) is 5.49. The van der Waals surface area contributed by atoms with Gasteiger partial charge in [0, 0.05) is 15.7 Å². The normalized spacial score (nSPS) is 11.1.